The fourth-order valence-corrected chi connectivity index (χ4v) is 3.46. The van der Waals surface area contributed by atoms with E-state index in [9.17, 15) is 14.0 Å². The van der Waals surface area contributed by atoms with Gasteiger partial charge in [-0.2, -0.15) is 0 Å². The van der Waals surface area contributed by atoms with Gasteiger partial charge in [-0.25, -0.2) is 4.39 Å². The van der Waals surface area contributed by atoms with Crippen molar-refractivity contribution in [2.75, 3.05) is 13.1 Å². The van der Waals surface area contributed by atoms with Crippen LogP contribution in [0.15, 0.2) is 78.9 Å². The molecule has 4 rings (SSSR count). The van der Waals surface area contributed by atoms with Crippen LogP contribution in [0.5, 0.6) is 0 Å². The number of nitrogens with one attached hydrogen (secondary N) is 1. The molecule has 1 N–H and O–H groups in total. The van der Waals surface area contributed by atoms with Gasteiger partial charge in [0.2, 0.25) is 5.91 Å². The Morgan fingerprint density at radius 2 is 1.54 bits per heavy atom. The third-order valence-corrected chi connectivity index (χ3v) is 4.90. The molecule has 0 aromatic heterocycles. The smallest absolute Gasteiger partial charge is 0.254 e. The Morgan fingerprint density at radius 3 is 2.21 bits per heavy atom. The maximum Gasteiger partial charge on any atom is 0.254 e. The Labute approximate surface area is 162 Å². The molecule has 1 heterocycles. The van der Waals surface area contributed by atoms with Gasteiger partial charge in [0.25, 0.3) is 5.91 Å². The standard InChI is InChI=1S/C23H19FN2O2/c24-20-12-10-18(11-13-20)21-22(27)25-14-15-26(21)23(28)19-8-6-17(7-9-19)16-4-2-1-3-5-16/h1-13,21H,14-15H2,(H,25,27). The van der Waals surface area contributed by atoms with Crippen LogP contribution in [0.1, 0.15) is 22.0 Å². The van der Waals surface area contributed by atoms with Gasteiger partial charge in [0.1, 0.15) is 11.9 Å². The number of hydrogen-bond donors (Lipinski definition) is 1. The van der Waals surface area contributed by atoms with E-state index in [0.717, 1.165) is 11.1 Å². The van der Waals surface area contributed by atoms with Crippen molar-refractivity contribution in [1.29, 1.82) is 0 Å². The van der Waals surface area contributed by atoms with E-state index in [1.54, 1.807) is 29.2 Å². The molecule has 5 heteroatoms. The van der Waals surface area contributed by atoms with Gasteiger partial charge in [0.15, 0.2) is 0 Å². The third kappa shape index (κ3) is 3.51. The molecule has 1 saturated heterocycles. The topological polar surface area (TPSA) is 49.4 Å². The molecule has 0 saturated carbocycles. The molecule has 1 unspecified atom stereocenters. The normalized spacial score (nSPS) is 16.5. The largest absolute Gasteiger partial charge is 0.352 e. The van der Waals surface area contributed by atoms with E-state index in [-0.39, 0.29) is 17.6 Å². The van der Waals surface area contributed by atoms with Crippen LogP contribution in [0.25, 0.3) is 11.1 Å². The molecule has 3 aromatic rings. The molecule has 28 heavy (non-hydrogen) atoms. The van der Waals surface area contributed by atoms with E-state index >= 15 is 0 Å². The highest BCUT2D eigenvalue weighted by Crippen LogP contribution is 2.26. The molecule has 1 aliphatic rings. The predicted molar refractivity (Wildman–Crippen MR) is 105 cm³/mol. The Balaban J connectivity index is 1.61. The monoisotopic (exact) mass is 374 g/mol. The number of rotatable bonds is 3. The number of nitrogens with zero attached hydrogens (tertiary/aromatic N) is 1. The van der Waals surface area contributed by atoms with E-state index in [1.165, 1.54) is 12.1 Å². The summed E-state index contributed by atoms with van der Waals surface area (Å²) in [5.74, 6) is -0.856. The summed E-state index contributed by atoms with van der Waals surface area (Å²) in [5.41, 5.74) is 3.20. The third-order valence-electron chi connectivity index (χ3n) is 4.90. The van der Waals surface area contributed by atoms with Crippen LogP contribution in [-0.4, -0.2) is 29.8 Å². The molecule has 3 aromatic carbocycles. The lowest BCUT2D eigenvalue weighted by molar-refractivity contribution is -0.128. The molecular formula is C23H19FN2O2. The summed E-state index contributed by atoms with van der Waals surface area (Å²) >= 11 is 0. The summed E-state index contributed by atoms with van der Waals surface area (Å²) in [7, 11) is 0. The summed E-state index contributed by atoms with van der Waals surface area (Å²) in [6, 6.07) is 22.2. The molecule has 140 valence electrons. The number of piperazine rings is 1. The lowest BCUT2D eigenvalue weighted by Crippen LogP contribution is -2.52. The van der Waals surface area contributed by atoms with Crippen LogP contribution in [-0.2, 0) is 4.79 Å². The highest BCUT2D eigenvalue weighted by atomic mass is 19.1. The van der Waals surface area contributed by atoms with Gasteiger partial charge in [-0.3, -0.25) is 9.59 Å². The van der Waals surface area contributed by atoms with Crippen LogP contribution >= 0.6 is 0 Å². The van der Waals surface area contributed by atoms with Gasteiger partial charge in [-0.1, -0.05) is 54.6 Å². The van der Waals surface area contributed by atoms with E-state index in [0.29, 0.717) is 24.2 Å². The maximum absolute atomic E-state index is 13.3. The molecule has 1 fully saturated rings. The van der Waals surface area contributed by atoms with Crippen LogP contribution in [0.3, 0.4) is 0 Å². The van der Waals surface area contributed by atoms with Crippen LogP contribution < -0.4 is 5.32 Å². The zero-order chi connectivity index (χ0) is 19.5. The minimum absolute atomic E-state index is 0.219. The predicted octanol–water partition coefficient (Wildman–Crippen LogP) is 3.81. The molecule has 0 spiro atoms. The number of halogens is 1. The minimum atomic E-state index is -0.768. The fraction of sp³-hybridized carbons (Fsp3) is 0.130. The average Bonchev–Trinajstić information content (AvgIpc) is 2.75. The highest BCUT2D eigenvalue weighted by molar-refractivity contribution is 5.98. The average molecular weight is 374 g/mol. The Bertz CT molecular complexity index is 985. The zero-order valence-electron chi connectivity index (χ0n) is 15.1. The molecule has 0 bridgehead atoms. The first-order valence-corrected chi connectivity index (χ1v) is 9.13. The first-order valence-electron chi connectivity index (χ1n) is 9.13. The number of benzene rings is 3. The number of carbonyl (C=O) groups is 2. The van der Waals surface area contributed by atoms with Crippen molar-refractivity contribution >= 4 is 11.8 Å². The number of carbonyl (C=O) groups excluding carboxylic acids is 2. The van der Waals surface area contributed by atoms with Gasteiger partial charge in [0, 0.05) is 18.7 Å². The van der Waals surface area contributed by atoms with Gasteiger partial charge < -0.3 is 10.2 Å². The molecule has 1 atom stereocenters. The van der Waals surface area contributed by atoms with E-state index in [1.807, 2.05) is 42.5 Å². The van der Waals surface area contributed by atoms with Crippen molar-refractivity contribution < 1.29 is 14.0 Å². The fourth-order valence-electron chi connectivity index (χ4n) is 3.46. The number of amides is 2. The molecule has 2 amide bonds. The first kappa shape index (κ1) is 17.9. The van der Waals surface area contributed by atoms with E-state index < -0.39 is 6.04 Å². The van der Waals surface area contributed by atoms with Crippen molar-refractivity contribution in [1.82, 2.24) is 10.2 Å². The summed E-state index contributed by atoms with van der Waals surface area (Å²) in [6.07, 6.45) is 0. The van der Waals surface area contributed by atoms with Crippen molar-refractivity contribution in [3.63, 3.8) is 0 Å². The van der Waals surface area contributed by atoms with Gasteiger partial charge >= 0.3 is 0 Å². The van der Waals surface area contributed by atoms with Crippen molar-refractivity contribution in [2.24, 2.45) is 0 Å². The van der Waals surface area contributed by atoms with Crippen LogP contribution in [0, 0.1) is 5.82 Å². The maximum atomic E-state index is 13.3. The summed E-state index contributed by atoms with van der Waals surface area (Å²) in [5, 5.41) is 2.79. The van der Waals surface area contributed by atoms with Gasteiger partial charge in [0.05, 0.1) is 0 Å². The molecular weight excluding hydrogens is 355 g/mol. The Morgan fingerprint density at radius 1 is 0.893 bits per heavy atom. The van der Waals surface area contributed by atoms with Crippen LogP contribution in [0.2, 0.25) is 0 Å². The minimum Gasteiger partial charge on any atom is -0.352 e. The Kier molecular flexibility index (Phi) is 4.89. The first-order chi connectivity index (χ1) is 13.6. The van der Waals surface area contributed by atoms with Gasteiger partial charge in [-0.15, -0.1) is 0 Å². The second-order valence-electron chi connectivity index (χ2n) is 6.69. The van der Waals surface area contributed by atoms with E-state index in [2.05, 4.69) is 5.32 Å². The lowest BCUT2D eigenvalue weighted by atomic mass is 10.00. The SMILES string of the molecule is O=C1NCCN(C(=O)c2ccc(-c3ccccc3)cc2)C1c1ccc(F)cc1. The van der Waals surface area contributed by atoms with E-state index in [4.69, 9.17) is 0 Å². The quantitative estimate of drug-likeness (QED) is 0.758. The molecule has 0 aliphatic carbocycles. The van der Waals surface area contributed by atoms with Crippen molar-refractivity contribution in [2.45, 2.75) is 6.04 Å². The summed E-state index contributed by atoms with van der Waals surface area (Å²) in [4.78, 5) is 27.1. The second kappa shape index (κ2) is 7.64. The molecule has 4 nitrogen and oxygen atoms in total. The summed E-state index contributed by atoms with van der Waals surface area (Å²) < 4.78 is 13.3. The molecule has 0 radical (unpaired) electrons. The highest BCUT2D eigenvalue weighted by Gasteiger charge is 2.34. The zero-order valence-corrected chi connectivity index (χ0v) is 15.1. The van der Waals surface area contributed by atoms with Crippen molar-refractivity contribution in [3.05, 3.63) is 95.8 Å². The van der Waals surface area contributed by atoms with Crippen molar-refractivity contribution in [3.8, 4) is 11.1 Å². The van der Waals surface area contributed by atoms with Crippen LogP contribution in [0.4, 0.5) is 4.39 Å². The summed E-state index contributed by atoms with van der Waals surface area (Å²) in [6.45, 7) is 0.789. The second-order valence-corrected chi connectivity index (χ2v) is 6.69. The van der Waals surface area contributed by atoms with Gasteiger partial charge in [-0.05, 0) is 41.0 Å². The molecule has 1 aliphatic heterocycles. The number of hydrogen-bond acceptors (Lipinski definition) is 2. The Hall–Kier alpha value is -3.47. The lowest BCUT2D eigenvalue weighted by Gasteiger charge is -2.35.